The van der Waals surface area contributed by atoms with Gasteiger partial charge in [-0.3, -0.25) is 0 Å². The van der Waals surface area contributed by atoms with Crippen molar-refractivity contribution in [3.05, 3.63) is 22.7 Å². The summed E-state index contributed by atoms with van der Waals surface area (Å²) in [6.45, 7) is 2.26. The van der Waals surface area contributed by atoms with Crippen LogP contribution >= 0.6 is 15.9 Å². The second kappa shape index (κ2) is 4.92. The molecule has 5 nitrogen and oxygen atoms in total. The fourth-order valence-electron chi connectivity index (χ4n) is 2.81. The van der Waals surface area contributed by atoms with Crippen LogP contribution < -0.4 is 5.73 Å². The van der Waals surface area contributed by atoms with Crippen molar-refractivity contribution < 1.29 is 0 Å². The van der Waals surface area contributed by atoms with E-state index in [4.69, 9.17) is 5.73 Å². The second-order valence-corrected chi connectivity index (χ2v) is 5.92. The van der Waals surface area contributed by atoms with Crippen molar-refractivity contribution in [2.75, 3.05) is 5.73 Å². The average molecular weight is 322 g/mol. The summed E-state index contributed by atoms with van der Waals surface area (Å²) < 4.78 is 2.81. The van der Waals surface area contributed by atoms with Gasteiger partial charge >= 0.3 is 0 Å². The largest absolute Gasteiger partial charge is 0.398 e. The third kappa shape index (κ3) is 2.14. The van der Waals surface area contributed by atoms with Crippen LogP contribution in [0, 0.1) is 5.92 Å². The van der Waals surface area contributed by atoms with Crippen molar-refractivity contribution in [2.45, 2.75) is 32.2 Å². The molecule has 1 aliphatic rings. The second-order valence-electron chi connectivity index (χ2n) is 5.13. The molecule has 1 fully saturated rings. The maximum absolute atomic E-state index is 5.93. The zero-order chi connectivity index (χ0) is 13.4. The summed E-state index contributed by atoms with van der Waals surface area (Å²) in [4.78, 5) is 0. The van der Waals surface area contributed by atoms with Crippen LogP contribution in [-0.2, 0) is 0 Å². The van der Waals surface area contributed by atoms with Crippen LogP contribution in [0.15, 0.2) is 22.7 Å². The van der Waals surface area contributed by atoms with Gasteiger partial charge in [-0.15, -0.1) is 5.10 Å². The molecule has 1 heterocycles. The number of halogens is 1. The number of aromatic nitrogens is 4. The fourth-order valence-corrected chi connectivity index (χ4v) is 3.25. The third-order valence-corrected chi connectivity index (χ3v) is 4.78. The lowest BCUT2D eigenvalue weighted by atomic mass is 10.1. The van der Waals surface area contributed by atoms with Crippen molar-refractivity contribution in [3.8, 4) is 11.4 Å². The van der Waals surface area contributed by atoms with E-state index in [0.717, 1.165) is 22.3 Å². The van der Waals surface area contributed by atoms with E-state index >= 15 is 0 Å². The Balaban J connectivity index is 2.07. The third-order valence-electron chi connectivity index (χ3n) is 3.89. The molecular weight excluding hydrogens is 306 g/mol. The zero-order valence-electron chi connectivity index (χ0n) is 10.8. The van der Waals surface area contributed by atoms with Gasteiger partial charge in [0.05, 0.1) is 10.5 Å². The molecule has 0 bridgehead atoms. The first-order chi connectivity index (χ1) is 9.18. The predicted molar refractivity (Wildman–Crippen MR) is 77.4 cm³/mol. The molecule has 0 spiro atoms. The number of nitrogens with zero attached hydrogens (tertiary/aromatic N) is 4. The lowest BCUT2D eigenvalue weighted by molar-refractivity contribution is 0.370. The Labute approximate surface area is 120 Å². The normalized spacial score (nSPS) is 22.8. The number of benzene rings is 1. The number of nitrogens with two attached hydrogens (primary N) is 1. The Morgan fingerprint density at radius 2 is 2.21 bits per heavy atom. The maximum atomic E-state index is 5.93. The van der Waals surface area contributed by atoms with Crippen LogP contribution in [0.25, 0.3) is 11.4 Å². The molecule has 2 aromatic rings. The predicted octanol–water partition coefficient (Wildman–Crippen LogP) is 3.05. The van der Waals surface area contributed by atoms with Gasteiger partial charge in [-0.05, 0) is 57.2 Å². The fraction of sp³-hybridized carbons (Fsp3) is 0.462. The van der Waals surface area contributed by atoms with Crippen LogP contribution in [-0.4, -0.2) is 20.2 Å². The molecule has 1 aromatic heterocycles. The van der Waals surface area contributed by atoms with Gasteiger partial charge in [0, 0.05) is 11.3 Å². The first kappa shape index (κ1) is 12.6. The van der Waals surface area contributed by atoms with Crippen LogP contribution in [0.1, 0.15) is 32.2 Å². The lowest BCUT2D eigenvalue weighted by Crippen LogP contribution is -2.14. The molecule has 2 atom stereocenters. The molecule has 6 heteroatoms. The van der Waals surface area contributed by atoms with Crippen LogP contribution in [0.5, 0.6) is 0 Å². The van der Waals surface area contributed by atoms with E-state index in [1.54, 1.807) is 0 Å². The zero-order valence-corrected chi connectivity index (χ0v) is 12.3. The minimum atomic E-state index is 0.387. The molecule has 2 unspecified atom stereocenters. The highest BCUT2D eigenvalue weighted by atomic mass is 79.9. The highest BCUT2D eigenvalue weighted by molar-refractivity contribution is 9.10. The van der Waals surface area contributed by atoms with Gasteiger partial charge in [-0.25, -0.2) is 4.68 Å². The molecule has 0 radical (unpaired) electrons. The smallest absolute Gasteiger partial charge is 0.183 e. The average Bonchev–Trinajstić information content (AvgIpc) is 3.01. The summed E-state index contributed by atoms with van der Waals surface area (Å²) in [5, 5.41) is 12.2. The van der Waals surface area contributed by atoms with Gasteiger partial charge in [-0.1, -0.05) is 19.4 Å². The van der Waals surface area contributed by atoms with E-state index in [0.29, 0.717) is 17.6 Å². The van der Waals surface area contributed by atoms with E-state index in [-0.39, 0.29) is 0 Å². The molecule has 1 aromatic carbocycles. The van der Waals surface area contributed by atoms with E-state index in [9.17, 15) is 0 Å². The summed E-state index contributed by atoms with van der Waals surface area (Å²) in [5.41, 5.74) is 7.58. The Bertz CT molecular complexity index is 594. The molecule has 0 amide bonds. The van der Waals surface area contributed by atoms with E-state index in [1.165, 1.54) is 12.8 Å². The Morgan fingerprint density at radius 1 is 1.37 bits per heavy atom. The summed E-state index contributed by atoms with van der Waals surface area (Å²) >= 11 is 3.53. The molecular formula is C13H16BrN5. The van der Waals surface area contributed by atoms with Gasteiger partial charge < -0.3 is 5.73 Å². The Morgan fingerprint density at radius 3 is 2.95 bits per heavy atom. The van der Waals surface area contributed by atoms with Crippen molar-refractivity contribution in [1.29, 1.82) is 0 Å². The number of hydrogen-bond acceptors (Lipinski definition) is 4. The van der Waals surface area contributed by atoms with E-state index in [1.807, 2.05) is 22.9 Å². The molecule has 100 valence electrons. The SMILES string of the molecule is CC1CCCC1n1nnnc1-c1cccc(N)c1Br. The molecule has 2 N–H and O–H groups in total. The van der Waals surface area contributed by atoms with Crippen LogP contribution in [0.2, 0.25) is 0 Å². The molecule has 1 saturated carbocycles. The first-order valence-corrected chi connectivity index (χ1v) is 7.30. The first-order valence-electron chi connectivity index (χ1n) is 6.50. The van der Waals surface area contributed by atoms with Crippen molar-refractivity contribution in [2.24, 2.45) is 5.92 Å². The number of anilines is 1. The topological polar surface area (TPSA) is 69.6 Å². The standard InChI is InChI=1S/C13H16BrN5/c1-8-4-2-7-11(8)19-13(16-17-18-19)9-5-3-6-10(15)12(9)14/h3,5-6,8,11H,2,4,7,15H2,1H3. The highest BCUT2D eigenvalue weighted by Crippen LogP contribution is 2.38. The summed E-state index contributed by atoms with van der Waals surface area (Å²) in [5.74, 6) is 1.40. The number of nitrogen functional groups attached to an aromatic ring is 1. The molecule has 0 saturated heterocycles. The highest BCUT2D eigenvalue weighted by Gasteiger charge is 2.29. The van der Waals surface area contributed by atoms with Gasteiger partial charge in [0.15, 0.2) is 5.82 Å². The minimum absolute atomic E-state index is 0.387. The summed E-state index contributed by atoms with van der Waals surface area (Å²) in [6, 6.07) is 6.16. The van der Waals surface area contributed by atoms with Gasteiger partial charge in [0.2, 0.25) is 0 Å². The summed E-state index contributed by atoms with van der Waals surface area (Å²) in [7, 11) is 0. The van der Waals surface area contributed by atoms with Crippen LogP contribution in [0.4, 0.5) is 5.69 Å². The summed E-state index contributed by atoms with van der Waals surface area (Å²) in [6.07, 6.45) is 3.62. The lowest BCUT2D eigenvalue weighted by Gasteiger charge is -2.17. The monoisotopic (exact) mass is 321 g/mol. The molecule has 3 rings (SSSR count). The quantitative estimate of drug-likeness (QED) is 0.863. The Hall–Kier alpha value is -1.43. The van der Waals surface area contributed by atoms with Crippen molar-refractivity contribution in [1.82, 2.24) is 20.2 Å². The van der Waals surface area contributed by atoms with Crippen LogP contribution in [0.3, 0.4) is 0 Å². The maximum Gasteiger partial charge on any atom is 0.183 e. The van der Waals surface area contributed by atoms with E-state index in [2.05, 4.69) is 38.4 Å². The number of rotatable bonds is 2. The minimum Gasteiger partial charge on any atom is -0.398 e. The van der Waals surface area contributed by atoms with Gasteiger partial charge in [0.25, 0.3) is 0 Å². The van der Waals surface area contributed by atoms with E-state index < -0.39 is 0 Å². The van der Waals surface area contributed by atoms with Gasteiger partial charge in [-0.2, -0.15) is 0 Å². The number of tetrazole rings is 1. The molecule has 0 aliphatic heterocycles. The molecule has 1 aliphatic carbocycles. The Kier molecular flexibility index (Phi) is 3.26. The molecule has 19 heavy (non-hydrogen) atoms. The van der Waals surface area contributed by atoms with Crippen molar-refractivity contribution >= 4 is 21.6 Å². The van der Waals surface area contributed by atoms with Crippen molar-refractivity contribution in [3.63, 3.8) is 0 Å². The number of hydrogen-bond donors (Lipinski definition) is 1. The van der Waals surface area contributed by atoms with Gasteiger partial charge in [0.1, 0.15) is 0 Å².